The van der Waals surface area contributed by atoms with Crippen LogP contribution in [0.3, 0.4) is 0 Å². The molecular formula is C17H27NO4S. The zero-order valence-electron chi connectivity index (χ0n) is 14.7. The van der Waals surface area contributed by atoms with Gasteiger partial charge in [-0.2, -0.15) is 8.42 Å². The van der Waals surface area contributed by atoms with Crippen molar-refractivity contribution < 1.29 is 17.8 Å². The minimum absolute atomic E-state index is 0.156. The van der Waals surface area contributed by atoms with Crippen molar-refractivity contribution in [1.82, 2.24) is 5.32 Å². The molecule has 0 saturated carbocycles. The average molecular weight is 341 g/mol. The van der Waals surface area contributed by atoms with Crippen molar-refractivity contribution in [3.63, 3.8) is 0 Å². The molecule has 0 aliphatic heterocycles. The fourth-order valence-electron chi connectivity index (χ4n) is 1.95. The molecule has 0 radical (unpaired) electrons. The van der Waals surface area contributed by atoms with Crippen LogP contribution >= 0.6 is 0 Å². The molecule has 2 N–H and O–H groups in total. The van der Waals surface area contributed by atoms with E-state index in [0.29, 0.717) is 17.0 Å². The molecule has 23 heavy (non-hydrogen) atoms. The van der Waals surface area contributed by atoms with E-state index < -0.39 is 10.1 Å². The molecular weight excluding hydrogens is 314 g/mol. The summed E-state index contributed by atoms with van der Waals surface area (Å²) >= 11 is 0. The van der Waals surface area contributed by atoms with Gasteiger partial charge >= 0.3 is 0 Å². The van der Waals surface area contributed by atoms with E-state index in [9.17, 15) is 17.8 Å². The van der Waals surface area contributed by atoms with Crippen LogP contribution in [0.1, 0.15) is 57.5 Å². The van der Waals surface area contributed by atoms with E-state index in [1.165, 1.54) is 6.07 Å². The van der Waals surface area contributed by atoms with Crippen molar-refractivity contribution in [3.05, 3.63) is 29.3 Å². The molecule has 0 saturated heterocycles. The van der Waals surface area contributed by atoms with E-state index >= 15 is 0 Å². The Balaban J connectivity index is 3.21. The number of rotatable bonds is 7. The van der Waals surface area contributed by atoms with E-state index in [2.05, 4.69) is 19.2 Å². The lowest BCUT2D eigenvalue weighted by atomic mass is 9.90. The summed E-state index contributed by atoms with van der Waals surface area (Å²) in [5.41, 5.74) is 0.546. The Hall–Kier alpha value is -1.24. The first-order valence-electron chi connectivity index (χ1n) is 7.76. The van der Waals surface area contributed by atoms with E-state index in [1.807, 2.05) is 13.8 Å². The van der Waals surface area contributed by atoms with Gasteiger partial charge in [-0.25, -0.2) is 0 Å². The molecule has 0 aromatic heterocycles. The van der Waals surface area contributed by atoms with E-state index in [0.717, 1.165) is 0 Å². The fourth-order valence-corrected chi connectivity index (χ4v) is 2.70. The summed E-state index contributed by atoms with van der Waals surface area (Å²) in [6.45, 7) is 12.0. The number of nitrogens with one attached hydrogen (secondary N) is 1. The lowest BCUT2D eigenvalue weighted by molar-refractivity contribution is 0.0939. The molecule has 0 aliphatic rings. The summed E-state index contributed by atoms with van der Waals surface area (Å²) < 4.78 is 32.8. The number of carbonyl (C=O) groups is 1. The number of carbonyl (C=O) groups excluding carboxylic acids is 1. The molecule has 0 bridgehead atoms. The number of benzene rings is 1. The van der Waals surface area contributed by atoms with Crippen LogP contribution in [0.25, 0.3) is 0 Å². The second-order valence-corrected chi connectivity index (χ2v) is 8.44. The zero-order valence-corrected chi connectivity index (χ0v) is 15.5. The summed E-state index contributed by atoms with van der Waals surface area (Å²) in [5.74, 6) is -0.0523. The highest BCUT2D eigenvalue weighted by atomic mass is 32.2. The predicted octanol–water partition coefficient (Wildman–Crippen LogP) is 3.30. The highest BCUT2D eigenvalue weighted by molar-refractivity contribution is 7.85. The Kier molecular flexibility index (Phi) is 6.12. The quantitative estimate of drug-likeness (QED) is 0.587. The molecule has 0 fully saturated rings. The summed E-state index contributed by atoms with van der Waals surface area (Å²) in [6.07, 6.45) is 0. The second kappa shape index (κ2) is 7.11. The van der Waals surface area contributed by atoms with Gasteiger partial charge in [0.15, 0.2) is 5.78 Å². The zero-order chi connectivity index (χ0) is 18.0. The van der Waals surface area contributed by atoms with Crippen LogP contribution in [0.4, 0.5) is 0 Å². The third-order valence-electron chi connectivity index (χ3n) is 4.33. The number of hydrogen-bond acceptors (Lipinski definition) is 4. The smallest absolute Gasteiger partial charge is 0.294 e. The first-order valence-corrected chi connectivity index (χ1v) is 9.20. The SMILES string of the molecule is CC(C)C(=O)c1ccc(CNC(C)(C)C(C)C)c(S(=O)(=O)O)c1. The highest BCUT2D eigenvalue weighted by Crippen LogP contribution is 2.22. The molecule has 6 heteroatoms. The normalized spacial score (nSPS) is 12.9. The Morgan fingerprint density at radius 2 is 1.78 bits per heavy atom. The largest absolute Gasteiger partial charge is 0.307 e. The molecule has 0 atom stereocenters. The van der Waals surface area contributed by atoms with Crippen LogP contribution in [0.2, 0.25) is 0 Å². The summed E-state index contributed by atoms with van der Waals surface area (Å²) in [6, 6.07) is 4.45. The fraction of sp³-hybridized carbons (Fsp3) is 0.588. The van der Waals surface area contributed by atoms with Crippen molar-refractivity contribution in [2.45, 2.75) is 58.5 Å². The topological polar surface area (TPSA) is 83.5 Å². The van der Waals surface area contributed by atoms with Gasteiger partial charge in [0, 0.05) is 23.6 Å². The van der Waals surface area contributed by atoms with Crippen LogP contribution in [0.15, 0.2) is 23.1 Å². The van der Waals surface area contributed by atoms with Gasteiger partial charge in [-0.3, -0.25) is 9.35 Å². The summed E-state index contributed by atoms with van der Waals surface area (Å²) in [4.78, 5) is 11.8. The molecule has 1 aromatic rings. The standard InChI is InChI=1S/C17H27NO4S/c1-11(2)16(19)13-7-8-14(15(9-13)23(20,21)22)10-18-17(5,6)12(3)4/h7-9,11-12,18H,10H2,1-6H3,(H,20,21,22). The van der Waals surface area contributed by atoms with E-state index in [4.69, 9.17) is 0 Å². The lowest BCUT2D eigenvalue weighted by Crippen LogP contribution is -2.43. The Labute approximate surface area is 139 Å². The lowest BCUT2D eigenvalue weighted by Gasteiger charge is -2.31. The van der Waals surface area contributed by atoms with E-state index in [1.54, 1.807) is 26.0 Å². The Morgan fingerprint density at radius 1 is 1.22 bits per heavy atom. The monoisotopic (exact) mass is 341 g/mol. The first kappa shape index (κ1) is 19.8. The third-order valence-corrected chi connectivity index (χ3v) is 5.27. The molecule has 0 amide bonds. The third kappa shape index (κ3) is 5.12. The molecule has 0 aliphatic carbocycles. The van der Waals surface area contributed by atoms with Gasteiger partial charge in [-0.1, -0.05) is 39.8 Å². The maximum Gasteiger partial charge on any atom is 0.294 e. The molecule has 0 unspecified atom stereocenters. The highest BCUT2D eigenvalue weighted by Gasteiger charge is 2.24. The second-order valence-electron chi connectivity index (χ2n) is 7.05. The molecule has 5 nitrogen and oxygen atoms in total. The first-order chi connectivity index (χ1) is 10.4. The van der Waals surface area contributed by atoms with Crippen molar-refractivity contribution in [2.24, 2.45) is 11.8 Å². The molecule has 1 aromatic carbocycles. The van der Waals surface area contributed by atoms with Gasteiger partial charge in [0.1, 0.15) is 0 Å². The van der Waals surface area contributed by atoms with Crippen molar-refractivity contribution in [3.8, 4) is 0 Å². The number of ketones is 1. The number of hydrogen-bond donors (Lipinski definition) is 2. The van der Waals surface area contributed by atoms with Gasteiger partial charge in [0.2, 0.25) is 0 Å². The maximum atomic E-state index is 12.0. The van der Waals surface area contributed by atoms with Crippen molar-refractivity contribution in [2.75, 3.05) is 0 Å². The van der Waals surface area contributed by atoms with E-state index in [-0.39, 0.29) is 28.7 Å². The van der Waals surface area contributed by atoms with Crippen LogP contribution in [0.5, 0.6) is 0 Å². The molecule has 0 heterocycles. The summed E-state index contributed by atoms with van der Waals surface area (Å²) in [5, 5.41) is 3.30. The van der Waals surface area contributed by atoms with Crippen LogP contribution in [-0.2, 0) is 16.7 Å². The van der Waals surface area contributed by atoms with Crippen molar-refractivity contribution >= 4 is 15.9 Å². The Morgan fingerprint density at radius 3 is 2.22 bits per heavy atom. The van der Waals surface area contributed by atoms with Gasteiger partial charge in [0.05, 0.1) is 4.90 Å². The van der Waals surface area contributed by atoms with Gasteiger partial charge in [0.25, 0.3) is 10.1 Å². The minimum Gasteiger partial charge on any atom is -0.307 e. The van der Waals surface area contributed by atoms with Gasteiger partial charge in [-0.15, -0.1) is 0 Å². The Bertz CT molecular complexity index is 676. The number of Topliss-reactive ketones (excluding diaryl/α,β-unsaturated/α-hetero) is 1. The molecule has 1 rings (SSSR count). The van der Waals surface area contributed by atoms with Crippen LogP contribution in [-0.4, -0.2) is 24.3 Å². The minimum atomic E-state index is -4.40. The van der Waals surface area contributed by atoms with Gasteiger partial charge < -0.3 is 5.32 Å². The van der Waals surface area contributed by atoms with Gasteiger partial charge in [-0.05, 0) is 31.4 Å². The van der Waals surface area contributed by atoms with Crippen LogP contribution < -0.4 is 5.32 Å². The van der Waals surface area contributed by atoms with Crippen molar-refractivity contribution in [1.29, 1.82) is 0 Å². The maximum absolute atomic E-state index is 12.0. The van der Waals surface area contributed by atoms with Crippen LogP contribution in [0, 0.1) is 11.8 Å². The average Bonchev–Trinajstić information content (AvgIpc) is 2.43. The molecule has 0 spiro atoms. The predicted molar refractivity (Wildman–Crippen MR) is 91.2 cm³/mol. The molecule has 130 valence electrons. The summed E-state index contributed by atoms with van der Waals surface area (Å²) in [7, 11) is -4.40.